The molecule has 2 aliphatic heterocycles. The number of nitrogens with zero attached hydrogens (tertiary/aromatic N) is 3. The molecule has 9 nitrogen and oxygen atoms in total. The summed E-state index contributed by atoms with van der Waals surface area (Å²) in [6.07, 6.45) is -0.379. The van der Waals surface area contributed by atoms with Gasteiger partial charge in [-0.3, -0.25) is 14.5 Å². The van der Waals surface area contributed by atoms with Crippen molar-refractivity contribution in [1.29, 1.82) is 0 Å². The lowest BCUT2D eigenvalue weighted by atomic mass is 9.99. The first-order valence-corrected chi connectivity index (χ1v) is 13.3. The number of fused-ring (bicyclic) bond motifs is 1. The predicted octanol–water partition coefficient (Wildman–Crippen LogP) is 5.14. The second-order valence-corrected chi connectivity index (χ2v) is 10.3. The quantitative estimate of drug-likeness (QED) is 0.371. The van der Waals surface area contributed by atoms with Crippen LogP contribution < -0.4 is 20.4 Å². The van der Waals surface area contributed by atoms with E-state index in [1.165, 1.54) is 0 Å². The number of rotatable bonds is 8. The molecule has 0 aromatic heterocycles. The highest BCUT2D eigenvalue weighted by atomic mass is 35.5. The van der Waals surface area contributed by atoms with E-state index >= 15 is 0 Å². The molecule has 0 aliphatic carbocycles. The fraction of sp³-hybridized carbons (Fsp3) is 0.233. The van der Waals surface area contributed by atoms with Gasteiger partial charge in [0.05, 0.1) is 23.5 Å². The summed E-state index contributed by atoms with van der Waals surface area (Å²) < 4.78 is 5.06. The molecule has 0 spiro atoms. The molecule has 2 aliphatic rings. The van der Waals surface area contributed by atoms with Gasteiger partial charge in [-0.15, -0.1) is 0 Å². The second kappa shape index (κ2) is 11.4. The third-order valence-electron chi connectivity index (χ3n) is 6.80. The summed E-state index contributed by atoms with van der Waals surface area (Å²) in [7, 11) is 3.93. The molecule has 3 aromatic rings. The minimum atomic E-state index is -0.379. The van der Waals surface area contributed by atoms with Gasteiger partial charge in [-0.1, -0.05) is 29.8 Å². The summed E-state index contributed by atoms with van der Waals surface area (Å²) in [6.45, 7) is 3.70. The van der Waals surface area contributed by atoms with Crippen LogP contribution in [-0.4, -0.2) is 63.1 Å². The molecule has 3 aromatic carbocycles. The Kier molecular flexibility index (Phi) is 7.77. The average Bonchev–Trinajstić information content (AvgIpc) is 3.49. The van der Waals surface area contributed by atoms with Gasteiger partial charge in [0.1, 0.15) is 6.61 Å². The fourth-order valence-electron chi connectivity index (χ4n) is 4.75. The molecule has 1 saturated heterocycles. The molecule has 0 atom stereocenters. The number of halogens is 1. The number of amides is 3. The molecule has 3 amide bonds. The van der Waals surface area contributed by atoms with Crippen molar-refractivity contribution in [3.8, 4) is 0 Å². The fourth-order valence-corrected chi connectivity index (χ4v) is 4.92. The van der Waals surface area contributed by atoms with Crippen LogP contribution in [0.5, 0.6) is 0 Å². The van der Waals surface area contributed by atoms with Gasteiger partial charge in [0, 0.05) is 47.7 Å². The number of nitrogens with one attached hydrogen (secondary N) is 2. The van der Waals surface area contributed by atoms with Gasteiger partial charge in [-0.05, 0) is 68.2 Å². The van der Waals surface area contributed by atoms with Crippen molar-refractivity contribution in [2.45, 2.75) is 6.92 Å². The van der Waals surface area contributed by atoms with Crippen molar-refractivity contribution >= 4 is 63.5 Å². The zero-order valence-corrected chi connectivity index (χ0v) is 23.3. The monoisotopic (exact) mass is 559 g/mol. The Labute approximate surface area is 238 Å². The number of benzene rings is 3. The van der Waals surface area contributed by atoms with E-state index in [2.05, 4.69) is 10.6 Å². The van der Waals surface area contributed by atoms with E-state index < -0.39 is 0 Å². The molecular weight excluding hydrogens is 530 g/mol. The summed E-state index contributed by atoms with van der Waals surface area (Å²) in [5, 5.41) is 6.87. The standard InChI is InChI=1S/C30H30ClN5O4/c1-19(37)35(15-14-34(2)3)23-11-7-22(8-12-23)32-28(27-25-13-6-21(31)18-26(25)33-29(27)38)20-4-9-24(10-5-20)36-16-17-40-30(36)39/h4-13,18,32H,14-17H2,1-3H3,(H,33,38)/b28-27-. The molecule has 0 bridgehead atoms. The molecule has 40 heavy (non-hydrogen) atoms. The Morgan fingerprint density at radius 2 is 1.75 bits per heavy atom. The van der Waals surface area contributed by atoms with Crippen molar-refractivity contribution in [3.05, 3.63) is 82.9 Å². The Balaban J connectivity index is 1.51. The van der Waals surface area contributed by atoms with Gasteiger partial charge in [0.15, 0.2) is 0 Å². The van der Waals surface area contributed by atoms with Crippen LogP contribution in [0.15, 0.2) is 66.7 Å². The number of ether oxygens (including phenoxy) is 1. The number of hydrogen-bond acceptors (Lipinski definition) is 6. The first-order valence-electron chi connectivity index (χ1n) is 12.9. The highest BCUT2D eigenvalue weighted by Crippen LogP contribution is 2.39. The largest absolute Gasteiger partial charge is 0.447 e. The third kappa shape index (κ3) is 5.66. The Hall–Kier alpha value is -4.34. The van der Waals surface area contributed by atoms with Gasteiger partial charge >= 0.3 is 6.09 Å². The van der Waals surface area contributed by atoms with Crippen LogP contribution in [0.3, 0.4) is 0 Å². The van der Waals surface area contributed by atoms with E-state index in [-0.39, 0.29) is 17.9 Å². The minimum Gasteiger partial charge on any atom is -0.447 e. The van der Waals surface area contributed by atoms with Crippen molar-refractivity contribution in [1.82, 2.24) is 4.90 Å². The van der Waals surface area contributed by atoms with E-state index in [0.29, 0.717) is 47.4 Å². The second-order valence-electron chi connectivity index (χ2n) is 9.85. The maximum atomic E-state index is 13.2. The lowest BCUT2D eigenvalue weighted by Gasteiger charge is -2.23. The highest BCUT2D eigenvalue weighted by Gasteiger charge is 2.29. The maximum absolute atomic E-state index is 13.2. The van der Waals surface area contributed by atoms with Crippen molar-refractivity contribution in [2.75, 3.05) is 60.8 Å². The Morgan fingerprint density at radius 1 is 1.02 bits per heavy atom. The van der Waals surface area contributed by atoms with Crippen LogP contribution in [0.4, 0.5) is 27.5 Å². The third-order valence-corrected chi connectivity index (χ3v) is 7.04. The normalized spacial score (nSPS) is 15.6. The smallest absolute Gasteiger partial charge is 0.414 e. The van der Waals surface area contributed by atoms with E-state index in [0.717, 1.165) is 29.0 Å². The lowest BCUT2D eigenvalue weighted by molar-refractivity contribution is -0.116. The van der Waals surface area contributed by atoms with Crippen LogP contribution in [0, 0.1) is 0 Å². The van der Waals surface area contributed by atoms with Crippen LogP contribution in [0.1, 0.15) is 18.1 Å². The van der Waals surface area contributed by atoms with Crippen LogP contribution in [-0.2, 0) is 14.3 Å². The molecule has 206 valence electrons. The van der Waals surface area contributed by atoms with Crippen LogP contribution in [0.2, 0.25) is 5.02 Å². The number of carbonyl (C=O) groups is 3. The first kappa shape index (κ1) is 27.2. The molecule has 10 heteroatoms. The van der Waals surface area contributed by atoms with Crippen LogP contribution >= 0.6 is 11.6 Å². The number of likely N-dealkylation sites (N-methyl/N-ethyl adjacent to an activating group) is 1. The molecular formula is C30H30ClN5O4. The van der Waals surface area contributed by atoms with Crippen LogP contribution in [0.25, 0.3) is 11.3 Å². The number of anilines is 4. The molecule has 2 heterocycles. The summed E-state index contributed by atoms with van der Waals surface area (Å²) in [6, 6.07) is 20.2. The molecule has 0 unspecified atom stereocenters. The predicted molar refractivity (Wildman–Crippen MR) is 159 cm³/mol. The van der Waals surface area contributed by atoms with Crippen molar-refractivity contribution in [3.63, 3.8) is 0 Å². The van der Waals surface area contributed by atoms with Gasteiger partial charge in [0.25, 0.3) is 5.91 Å². The van der Waals surface area contributed by atoms with E-state index in [1.54, 1.807) is 28.9 Å². The molecule has 2 N–H and O–H groups in total. The van der Waals surface area contributed by atoms with Crippen molar-refractivity contribution < 1.29 is 19.1 Å². The number of carbonyl (C=O) groups excluding carboxylic acids is 3. The molecule has 5 rings (SSSR count). The minimum absolute atomic E-state index is 0.0368. The van der Waals surface area contributed by atoms with E-state index in [1.807, 2.05) is 73.6 Å². The Morgan fingerprint density at radius 3 is 2.38 bits per heavy atom. The van der Waals surface area contributed by atoms with E-state index in [9.17, 15) is 14.4 Å². The summed E-state index contributed by atoms with van der Waals surface area (Å²) >= 11 is 6.18. The van der Waals surface area contributed by atoms with E-state index in [4.69, 9.17) is 16.3 Å². The average molecular weight is 560 g/mol. The summed E-state index contributed by atoms with van der Waals surface area (Å²) in [5.74, 6) is -0.291. The number of hydrogen-bond donors (Lipinski definition) is 2. The summed E-state index contributed by atoms with van der Waals surface area (Å²) in [5.41, 5.74) is 5.43. The summed E-state index contributed by atoms with van der Waals surface area (Å²) in [4.78, 5) is 42.9. The Bertz CT molecular complexity index is 1480. The van der Waals surface area contributed by atoms with Gasteiger partial charge in [0.2, 0.25) is 5.91 Å². The van der Waals surface area contributed by atoms with Crippen molar-refractivity contribution in [2.24, 2.45) is 0 Å². The number of cyclic esters (lactones) is 1. The highest BCUT2D eigenvalue weighted by molar-refractivity contribution is 6.38. The first-order chi connectivity index (χ1) is 19.2. The lowest BCUT2D eigenvalue weighted by Crippen LogP contribution is -2.35. The zero-order valence-electron chi connectivity index (χ0n) is 22.5. The molecule has 1 fully saturated rings. The molecule has 0 saturated carbocycles. The maximum Gasteiger partial charge on any atom is 0.414 e. The van der Waals surface area contributed by atoms with Gasteiger partial charge < -0.3 is 25.2 Å². The van der Waals surface area contributed by atoms with Gasteiger partial charge in [-0.25, -0.2) is 4.79 Å². The molecule has 0 radical (unpaired) electrons. The zero-order chi connectivity index (χ0) is 28.4. The van der Waals surface area contributed by atoms with Gasteiger partial charge in [-0.2, -0.15) is 0 Å². The topological polar surface area (TPSA) is 94.2 Å². The SMILES string of the molecule is CC(=O)N(CCN(C)C)c1ccc(N/C(=C2\C(=O)Nc3cc(Cl)ccc32)c2ccc(N3CCOC3=O)cc2)cc1.